The lowest BCUT2D eigenvalue weighted by Gasteiger charge is -2.47. The summed E-state index contributed by atoms with van der Waals surface area (Å²) >= 11 is 0. The summed E-state index contributed by atoms with van der Waals surface area (Å²) in [5, 5.41) is 0. The third kappa shape index (κ3) is 1.98. The summed E-state index contributed by atoms with van der Waals surface area (Å²) in [6.07, 6.45) is 5.25. The molecule has 2 aromatic rings. The van der Waals surface area contributed by atoms with E-state index in [-0.39, 0.29) is 11.5 Å². The Morgan fingerprint density at radius 3 is 2.50 bits per heavy atom. The van der Waals surface area contributed by atoms with Crippen LogP contribution in [-0.4, -0.2) is 4.98 Å². The molecule has 0 radical (unpaired) electrons. The number of aryl methyl sites for hydroxylation is 1. The Morgan fingerprint density at radius 1 is 1.20 bits per heavy atom. The molecule has 104 valence electrons. The summed E-state index contributed by atoms with van der Waals surface area (Å²) in [5.74, 6) is 0.560. The predicted molar refractivity (Wildman–Crippen MR) is 82.3 cm³/mol. The molecule has 1 heterocycles. The zero-order valence-electron chi connectivity index (χ0n) is 11.8. The monoisotopic (exact) mass is 267 g/mol. The molecule has 1 fully saturated rings. The second kappa shape index (κ2) is 4.91. The first-order valence-corrected chi connectivity index (χ1v) is 7.16. The van der Waals surface area contributed by atoms with Gasteiger partial charge in [-0.05, 0) is 37.0 Å². The van der Waals surface area contributed by atoms with Crippen molar-refractivity contribution in [2.45, 2.75) is 37.6 Å². The van der Waals surface area contributed by atoms with Crippen LogP contribution in [0.25, 0.3) is 0 Å². The number of nitrogens with zero attached hydrogens (tertiary/aromatic N) is 1. The highest BCUT2D eigenvalue weighted by molar-refractivity contribution is 5.47. The van der Waals surface area contributed by atoms with E-state index in [0.717, 1.165) is 24.0 Å². The van der Waals surface area contributed by atoms with E-state index in [4.69, 9.17) is 11.5 Å². The maximum absolute atomic E-state index is 6.62. The predicted octanol–water partition coefficient (Wildman–Crippen LogP) is 3.09. The van der Waals surface area contributed by atoms with E-state index in [0.29, 0.717) is 5.82 Å². The molecule has 1 aromatic heterocycles. The summed E-state index contributed by atoms with van der Waals surface area (Å²) in [6.45, 7) is 2.03. The van der Waals surface area contributed by atoms with Crippen molar-refractivity contribution < 1.29 is 0 Å². The molecule has 1 atom stereocenters. The first-order chi connectivity index (χ1) is 9.63. The average molecular weight is 267 g/mol. The number of aromatic nitrogens is 1. The van der Waals surface area contributed by atoms with Gasteiger partial charge in [0.25, 0.3) is 0 Å². The van der Waals surface area contributed by atoms with Crippen molar-refractivity contribution in [3.63, 3.8) is 0 Å². The molecule has 3 heteroatoms. The van der Waals surface area contributed by atoms with Crippen molar-refractivity contribution in [3.05, 3.63) is 59.3 Å². The molecular weight excluding hydrogens is 246 g/mol. The molecule has 0 saturated heterocycles. The van der Waals surface area contributed by atoms with Gasteiger partial charge in [-0.15, -0.1) is 0 Å². The topological polar surface area (TPSA) is 64.9 Å². The third-order valence-corrected chi connectivity index (χ3v) is 4.61. The van der Waals surface area contributed by atoms with Crippen molar-refractivity contribution in [1.82, 2.24) is 4.98 Å². The fourth-order valence-corrected chi connectivity index (χ4v) is 3.26. The highest BCUT2D eigenvalue weighted by atomic mass is 14.9. The highest BCUT2D eigenvalue weighted by Gasteiger charge is 2.45. The third-order valence-electron chi connectivity index (χ3n) is 4.61. The van der Waals surface area contributed by atoms with E-state index in [1.165, 1.54) is 12.0 Å². The van der Waals surface area contributed by atoms with Crippen LogP contribution in [0.15, 0.2) is 42.6 Å². The van der Waals surface area contributed by atoms with Crippen molar-refractivity contribution in [3.8, 4) is 0 Å². The number of hydrogen-bond acceptors (Lipinski definition) is 3. The van der Waals surface area contributed by atoms with Gasteiger partial charge in [0, 0.05) is 23.2 Å². The summed E-state index contributed by atoms with van der Waals surface area (Å²) in [5.41, 5.74) is 16.1. The lowest BCUT2D eigenvalue weighted by Crippen LogP contribution is -2.44. The standard InChI is InChI=1S/C17H21N3/c1-12-10-14(16(19)20-11-12)15(18)17(8-5-9-17)13-6-3-2-4-7-13/h2-4,6-7,10-11,15H,5,8-9,18H2,1H3,(H2,19,20). The zero-order chi connectivity index (χ0) is 14.2. The van der Waals surface area contributed by atoms with Gasteiger partial charge in [0.1, 0.15) is 5.82 Å². The molecule has 1 saturated carbocycles. The molecule has 1 aliphatic carbocycles. The maximum atomic E-state index is 6.62. The van der Waals surface area contributed by atoms with E-state index >= 15 is 0 Å². The lowest BCUT2D eigenvalue weighted by atomic mass is 9.59. The fourth-order valence-electron chi connectivity index (χ4n) is 3.26. The van der Waals surface area contributed by atoms with E-state index in [1.807, 2.05) is 13.0 Å². The second-order valence-corrected chi connectivity index (χ2v) is 5.84. The zero-order valence-corrected chi connectivity index (χ0v) is 11.8. The number of pyridine rings is 1. The average Bonchev–Trinajstić information content (AvgIpc) is 2.41. The SMILES string of the molecule is Cc1cnc(N)c(C(N)C2(c3ccccc3)CCC2)c1. The van der Waals surface area contributed by atoms with Crippen LogP contribution in [0.1, 0.15) is 42.0 Å². The second-order valence-electron chi connectivity index (χ2n) is 5.84. The largest absolute Gasteiger partial charge is 0.383 e. The molecule has 3 nitrogen and oxygen atoms in total. The number of anilines is 1. The molecule has 3 rings (SSSR count). The smallest absolute Gasteiger partial charge is 0.128 e. The van der Waals surface area contributed by atoms with Crippen LogP contribution in [0.3, 0.4) is 0 Å². The van der Waals surface area contributed by atoms with E-state index in [1.54, 1.807) is 6.20 Å². The van der Waals surface area contributed by atoms with Crippen LogP contribution in [0.2, 0.25) is 0 Å². The number of nitrogens with two attached hydrogens (primary N) is 2. The van der Waals surface area contributed by atoms with Gasteiger partial charge in [-0.25, -0.2) is 4.98 Å². The van der Waals surface area contributed by atoms with Gasteiger partial charge in [0.2, 0.25) is 0 Å². The summed E-state index contributed by atoms with van der Waals surface area (Å²) < 4.78 is 0. The Kier molecular flexibility index (Phi) is 3.22. The Balaban J connectivity index is 2.03. The van der Waals surface area contributed by atoms with Gasteiger partial charge in [0.15, 0.2) is 0 Å². The summed E-state index contributed by atoms with van der Waals surface area (Å²) in [6, 6.07) is 12.6. The summed E-state index contributed by atoms with van der Waals surface area (Å²) in [7, 11) is 0. The van der Waals surface area contributed by atoms with Crippen LogP contribution in [0.4, 0.5) is 5.82 Å². The minimum atomic E-state index is -0.0916. The van der Waals surface area contributed by atoms with Gasteiger partial charge < -0.3 is 11.5 Å². The normalized spacial score (nSPS) is 18.3. The van der Waals surface area contributed by atoms with Crippen LogP contribution in [0, 0.1) is 6.92 Å². The quantitative estimate of drug-likeness (QED) is 0.898. The van der Waals surface area contributed by atoms with Crippen LogP contribution >= 0.6 is 0 Å². The minimum Gasteiger partial charge on any atom is -0.383 e. The van der Waals surface area contributed by atoms with Gasteiger partial charge in [-0.2, -0.15) is 0 Å². The first kappa shape index (κ1) is 13.1. The van der Waals surface area contributed by atoms with Gasteiger partial charge in [-0.3, -0.25) is 0 Å². The van der Waals surface area contributed by atoms with Crippen molar-refractivity contribution >= 4 is 5.82 Å². The van der Waals surface area contributed by atoms with Crippen molar-refractivity contribution in [2.75, 3.05) is 5.73 Å². The molecule has 4 N–H and O–H groups in total. The van der Waals surface area contributed by atoms with Crippen molar-refractivity contribution in [1.29, 1.82) is 0 Å². The number of nitrogen functional groups attached to an aromatic ring is 1. The van der Waals surface area contributed by atoms with E-state index in [2.05, 4.69) is 35.3 Å². The van der Waals surface area contributed by atoms with E-state index < -0.39 is 0 Å². The lowest BCUT2D eigenvalue weighted by molar-refractivity contribution is 0.196. The molecule has 0 aliphatic heterocycles. The first-order valence-electron chi connectivity index (χ1n) is 7.16. The molecule has 0 bridgehead atoms. The molecule has 0 spiro atoms. The van der Waals surface area contributed by atoms with Crippen LogP contribution < -0.4 is 11.5 Å². The van der Waals surface area contributed by atoms with Gasteiger partial charge >= 0.3 is 0 Å². The number of benzene rings is 1. The Hall–Kier alpha value is -1.87. The highest BCUT2D eigenvalue weighted by Crippen LogP contribution is 2.51. The Labute approximate surface area is 120 Å². The fraction of sp³-hybridized carbons (Fsp3) is 0.353. The minimum absolute atomic E-state index is 0.0187. The number of hydrogen-bond donors (Lipinski definition) is 2. The molecular formula is C17H21N3. The van der Waals surface area contributed by atoms with E-state index in [9.17, 15) is 0 Å². The molecule has 20 heavy (non-hydrogen) atoms. The number of rotatable bonds is 3. The molecule has 0 amide bonds. The summed E-state index contributed by atoms with van der Waals surface area (Å²) in [4.78, 5) is 4.26. The Morgan fingerprint density at radius 2 is 1.90 bits per heavy atom. The van der Waals surface area contributed by atoms with Gasteiger partial charge in [0.05, 0.1) is 0 Å². The Bertz CT molecular complexity index is 603. The van der Waals surface area contributed by atoms with Crippen molar-refractivity contribution in [2.24, 2.45) is 5.73 Å². The van der Waals surface area contributed by atoms with Crippen LogP contribution in [-0.2, 0) is 5.41 Å². The molecule has 1 unspecified atom stereocenters. The molecule has 1 aliphatic rings. The molecule has 1 aromatic carbocycles. The maximum Gasteiger partial charge on any atom is 0.128 e. The van der Waals surface area contributed by atoms with Crippen LogP contribution in [0.5, 0.6) is 0 Å². The van der Waals surface area contributed by atoms with Gasteiger partial charge in [-0.1, -0.05) is 36.8 Å².